The van der Waals surface area contributed by atoms with Crippen molar-refractivity contribution < 1.29 is 9.90 Å². The predicted molar refractivity (Wildman–Crippen MR) is 85.1 cm³/mol. The first-order chi connectivity index (χ1) is 10.1. The molecule has 116 valence electrons. The lowest BCUT2D eigenvalue weighted by molar-refractivity contribution is -0.117. The van der Waals surface area contributed by atoms with E-state index in [-0.39, 0.29) is 12.5 Å². The third-order valence-corrected chi connectivity index (χ3v) is 4.07. The highest BCUT2D eigenvalue weighted by Gasteiger charge is 2.25. The first kappa shape index (κ1) is 15.8. The smallest absolute Gasteiger partial charge is 0.238 e. The molecule has 0 bridgehead atoms. The number of rotatable bonds is 6. The van der Waals surface area contributed by atoms with E-state index in [0.29, 0.717) is 18.3 Å². The van der Waals surface area contributed by atoms with Crippen LogP contribution in [0.5, 0.6) is 0 Å². The summed E-state index contributed by atoms with van der Waals surface area (Å²) in [6, 6.07) is 5.92. The zero-order valence-electron chi connectivity index (χ0n) is 12.6. The SMILES string of the molecule is Cc1cc(N)ccc1NC(=O)CN1CCCC1CCCO. The number of nitrogens with two attached hydrogens (primary N) is 1. The number of nitrogens with zero attached hydrogens (tertiary/aromatic N) is 1. The quantitative estimate of drug-likeness (QED) is 0.698. The number of aryl methyl sites for hydroxylation is 1. The highest BCUT2D eigenvalue weighted by atomic mass is 16.3. The zero-order chi connectivity index (χ0) is 15.2. The average Bonchev–Trinajstić information content (AvgIpc) is 2.87. The Hall–Kier alpha value is -1.59. The molecule has 1 fully saturated rings. The monoisotopic (exact) mass is 291 g/mol. The number of aliphatic hydroxyl groups is 1. The van der Waals surface area contributed by atoms with Crippen LogP contribution in [0.4, 0.5) is 11.4 Å². The molecular formula is C16H25N3O2. The molecule has 0 aromatic heterocycles. The van der Waals surface area contributed by atoms with Crippen LogP contribution in [0.15, 0.2) is 18.2 Å². The minimum atomic E-state index is 0.0127. The third kappa shape index (κ3) is 4.44. The summed E-state index contributed by atoms with van der Waals surface area (Å²) in [4.78, 5) is 14.4. The van der Waals surface area contributed by atoms with Gasteiger partial charge in [0.05, 0.1) is 6.54 Å². The number of likely N-dealkylation sites (tertiary alicyclic amines) is 1. The molecule has 1 aliphatic rings. The van der Waals surface area contributed by atoms with Crippen LogP contribution < -0.4 is 11.1 Å². The lowest BCUT2D eigenvalue weighted by Gasteiger charge is -2.23. The van der Waals surface area contributed by atoms with Gasteiger partial charge in [-0.3, -0.25) is 9.69 Å². The van der Waals surface area contributed by atoms with Crippen LogP contribution in [-0.2, 0) is 4.79 Å². The first-order valence-electron chi connectivity index (χ1n) is 7.61. The van der Waals surface area contributed by atoms with E-state index in [0.717, 1.165) is 43.5 Å². The molecule has 0 spiro atoms. The summed E-state index contributed by atoms with van der Waals surface area (Å²) in [5.41, 5.74) is 8.21. The van der Waals surface area contributed by atoms with Gasteiger partial charge in [-0.1, -0.05) is 0 Å². The van der Waals surface area contributed by atoms with E-state index >= 15 is 0 Å². The van der Waals surface area contributed by atoms with Gasteiger partial charge in [-0.2, -0.15) is 0 Å². The van der Waals surface area contributed by atoms with Crippen molar-refractivity contribution >= 4 is 17.3 Å². The molecule has 1 atom stereocenters. The summed E-state index contributed by atoms with van der Waals surface area (Å²) >= 11 is 0. The van der Waals surface area contributed by atoms with Gasteiger partial charge in [0.15, 0.2) is 0 Å². The highest BCUT2D eigenvalue weighted by molar-refractivity contribution is 5.93. The van der Waals surface area contributed by atoms with Gasteiger partial charge in [-0.05, 0) is 62.9 Å². The number of nitrogens with one attached hydrogen (secondary N) is 1. The van der Waals surface area contributed by atoms with Crippen molar-refractivity contribution in [1.82, 2.24) is 4.90 Å². The van der Waals surface area contributed by atoms with Crippen molar-refractivity contribution in [3.8, 4) is 0 Å². The summed E-state index contributed by atoms with van der Waals surface area (Å²) < 4.78 is 0. The van der Waals surface area contributed by atoms with Gasteiger partial charge < -0.3 is 16.2 Å². The number of carbonyl (C=O) groups excluding carboxylic acids is 1. The molecule has 1 saturated heterocycles. The molecule has 1 aromatic carbocycles. The van der Waals surface area contributed by atoms with E-state index in [9.17, 15) is 4.79 Å². The normalized spacial score (nSPS) is 18.9. The lowest BCUT2D eigenvalue weighted by Crippen LogP contribution is -2.37. The average molecular weight is 291 g/mol. The highest BCUT2D eigenvalue weighted by Crippen LogP contribution is 2.22. The van der Waals surface area contributed by atoms with Gasteiger partial charge in [-0.15, -0.1) is 0 Å². The molecule has 1 heterocycles. The minimum absolute atomic E-state index is 0.0127. The second kappa shape index (κ2) is 7.43. The topological polar surface area (TPSA) is 78.6 Å². The van der Waals surface area contributed by atoms with E-state index in [4.69, 9.17) is 10.8 Å². The Morgan fingerprint density at radius 1 is 1.52 bits per heavy atom. The second-order valence-corrected chi connectivity index (χ2v) is 5.75. The van der Waals surface area contributed by atoms with E-state index < -0.39 is 0 Å². The van der Waals surface area contributed by atoms with Crippen LogP contribution in [0.1, 0.15) is 31.2 Å². The second-order valence-electron chi connectivity index (χ2n) is 5.75. The lowest BCUT2D eigenvalue weighted by atomic mass is 10.1. The summed E-state index contributed by atoms with van der Waals surface area (Å²) in [7, 11) is 0. The number of hydrogen-bond acceptors (Lipinski definition) is 4. The number of amides is 1. The van der Waals surface area contributed by atoms with Crippen molar-refractivity contribution in [1.29, 1.82) is 0 Å². The van der Waals surface area contributed by atoms with Crippen molar-refractivity contribution in [3.63, 3.8) is 0 Å². The number of hydrogen-bond donors (Lipinski definition) is 3. The summed E-state index contributed by atoms with van der Waals surface area (Å²) in [5, 5.41) is 11.9. The molecule has 1 aromatic rings. The number of anilines is 2. The largest absolute Gasteiger partial charge is 0.399 e. The maximum atomic E-state index is 12.2. The maximum absolute atomic E-state index is 12.2. The van der Waals surface area contributed by atoms with Crippen molar-refractivity contribution in [2.45, 2.75) is 38.6 Å². The Morgan fingerprint density at radius 2 is 2.33 bits per heavy atom. The molecule has 1 unspecified atom stereocenters. The van der Waals surface area contributed by atoms with Gasteiger partial charge in [0.25, 0.3) is 0 Å². The van der Waals surface area contributed by atoms with Crippen molar-refractivity contribution in [3.05, 3.63) is 23.8 Å². The van der Waals surface area contributed by atoms with Crippen LogP contribution >= 0.6 is 0 Å². The minimum Gasteiger partial charge on any atom is -0.399 e. The molecular weight excluding hydrogens is 266 g/mol. The standard InChI is InChI=1S/C16H25N3O2/c1-12-10-13(17)6-7-15(12)18-16(21)11-19-8-2-4-14(19)5-3-9-20/h6-7,10,14,20H,2-5,8-9,11,17H2,1H3,(H,18,21). The fraction of sp³-hybridized carbons (Fsp3) is 0.562. The number of aliphatic hydroxyl groups excluding tert-OH is 1. The van der Waals surface area contributed by atoms with Crippen LogP contribution in [0.2, 0.25) is 0 Å². The Bertz CT molecular complexity index is 490. The van der Waals surface area contributed by atoms with Crippen molar-refractivity contribution in [2.24, 2.45) is 0 Å². The van der Waals surface area contributed by atoms with Crippen LogP contribution in [0.3, 0.4) is 0 Å². The van der Waals surface area contributed by atoms with Crippen LogP contribution in [0.25, 0.3) is 0 Å². The molecule has 0 radical (unpaired) electrons. The third-order valence-electron chi connectivity index (χ3n) is 4.07. The first-order valence-corrected chi connectivity index (χ1v) is 7.61. The molecule has 21 heavy (non-hydrogen) atoms. The Morgan fingerprint density at radius 3 is 3.05 bits per heavy atom. The number of carbonyl (C=O) groups is 1. The Balaban J connectivity index is 1.89. The Labute approximate surface area is 126 Å². The van der Waals surface area contributed by atoms with Crippen molar-refractivity contribution in [2.75, 3.05) is 30.7 Å². The number of nitrogen functional groups attached to an aromatic ring is 1. The van der Waals surface area contributed by atoms with Gasteiger partial charge >= 0.3 is 0 Å². The molecule has 4 N–H and O–H groups in total. The number of benzene rings is 1. The van der Waals surface area contributed by atoms with E-state index in [2.05, 4.69) is 10.2 Å². The predicted octanol–water partition coefficient (Wildman–Crippen LogP) is 1.75. The van der Waals surface area contributed by atoms with Gasteiger partial charge in [0.1, 0.15) is 0 Å². The molecule has 0 saturated carbocycles. The molecule has 2 rings (SSSR count). The van der Waals surface area contributed by atoms with E-state index in [1.54, 1.807) is 6.07 Å². The van der Waals surface area contributed by atoms with Crippen LogP contribution in [-0.4, -0.2) is 41.7 Å². The molecule has 5 heteroatoms. The summed E-state index contributed by atoms with van der Waals surface area (Å²) in [6.45, 7) is 3.54. The fourth-order valence-corrected chi connectivity index (χ4v) is 2.96. The molecule has 5 nitrogen and oxygen atoms in total. The molecule has 1 amide bonds. The molecule has 1 aliphatic heterocycles. The Kier molecular flexibility index (Phi) is 5.59. The molecule has 0 aliphatic carbocycles. The van der Waals surface area contributed by atoms with E-state index in [1.165, 1.54) is 0 Å². The van der Waals surface area contributed by atoms with Gasteiger partial charge in [-0.25, -0.2) is 0 Å². The summed E-state index contributed by atoms with van der Waals surface area (Å²) in [6.07, 6.45) is 4.02. The maximum Gasteiger partial charge on any atom is 0.238 e. The fourth-order valence-electron chi connectivity index (χ4n) is 2.96. The summed E-state index contributed by atoms with van der Waals surface area (Å²) in [5.74, 6) is 0.0127. The van der Waals surface area contributed by atoms with E-state index in [1.807, 2.05) is 19.1 Å². The van der Waals surface area contributed by atoms with Gasteiger partial charge in [0.2, 0.25) is 5.91 Å². The van der Waals surface area contributed by atoms with Gasteiger partial charge in [0, 0.05) is 24.0 Å². The zero-order valence-corrected chi connectivity index (χ0v) is 12.6. The van der Waals surface area contributed by atoms with Crippen LogP contribution in [0, 0.1) is 6.92 Å².